The van der Waals surface area contributed by atoms with E-state index in [2.05, 4.69) is 15.8 Å². The Hall–Kier alpha value is -2.76. The second-order valence-electron chi connectivity index (χ2n) is 4.99. The average molecular weight is 374 g/mol. The van der Waals surface area contributed by atoms with Gasteiger partial charge in [0.1, 0.15) is 11.5 Å². The van der Waals surface area contributed by atoms with Crippen LogP contribution in [0.2, 0.25) is 10.0 Å². The van der Waals surface area contributed by atoms with Gasteiger partial charge in [0.2, 0.25) is 0 Å². The summed E-state index contributed by atoms with van der Waals surface area (Å²) >= 11 is 12.2. The van der Waals surface area contributed by atoms with Crippen LogP contribution >= 0.6 is 23.2 Å². The van der Waals surface area contributed by atoms with Crippen molar-refractivity contribution in [2.45, 2.75) is 0 Å². The summed E-state index contributed by atoms with van der Waals surface area (Å²) in [6.45, 7) is 0. The monoisotopic (exact) mass is 373 g/mol. The van der Waals surface area contributed by atoms with E-state index < -0.39 is 6.03 Å². The summed E-state index contributed by atoms with van der Waals surface area (Å²) in [5.74, 6) is 1.02. The number of nitrogens with zero attached hydrogens (tertiary/aromatic N) is 1. The lowest BCUT2D eigenvalue weighted by molar-refractivity contribution is 0.252. The molecule has 0 bridgehead atoms. The summed E-state index contributed by atoms with van der Waals surface area (Å²) in [5, 5.41) is 7.36. The number of halogens is 2. The molecule has 0 aliphatic heterocycles. The minimum absolute atomic E-state index is 0.419. The van der Waals surface area contributed by atoms with Gasteiger partial charge in [0.25, 0.3) is 0 Å². The van der Waals surface area contributed by atoms with Gasteiger partial charge < -0.3 is 9.73 Å². The zero-order chi connectivity index (χ0) is 17.6. The highest BCUT2D eigenvalue weighted by molar-refractivity contribution is 6.43. The molecule has 2 N–H and O–H groups in total. The number of anilines is 1. The lowest BCUT2D eigenvalue weighted by atomic mass is 10.2. The molecule has 0 radical (unpaired) electrons. The van der Waals surface area contributed by atoms with Crippen LogP contribution in [0.25, 0.3) is 11.3 Å². The third kappa shape index (κ3) is 4.41. The number of hydrogen-bond donors (Lipinski definition) is 2. The molecule has 25 heavy (non-hydrogen) atoms. The van der Waals surface area contributed by atoms with Gasteiger partial charge >= 0.3 is 6.03 Å². The van der Waals surface area contributed by atoms with Crippen LogP contribution in [-0.2, 0) is 0 Å². The molecule has 0 saturated heterocycles. The van der Waals surface area contributed by atoms with E-state index in [1.54, 1.807) is 42.5 Å². The molecule has 2 amide bonds. The summed E-state index contributed by atoms with van der Waals surface area (Å²) in [4.78, 5) is 11.7. The van der Waals surface area contributed by atoms with Crippen molar-refractivity contribution in [3.63, 3.8) is 0 Å². The van der Waals surface area contributed by atoms with Crippen LogP contribution < -0.4 is 10.7 Å². The first-order chi connectivity index (χ1) is 12.1. The Balaban J connectivity index is 1.62. The molecule has 2 aromatic carbocycles. The highest BCUT2D eigenvalue weighted by Crippen LogP contribution is 2.34. The molecular weight excluding hydrogens is 361 g/mol. The van der Waals surface area contributed by atoms with Crippen LogP contribution in [0.5, 0.6) is 0 Å². The standard InChI is InChI=1S/C18H13Cl2N3O2/c19-15-8-4-7-14(17(15)20)16-10-9-13(25-16)11-21-23-18(24)22-12-5-2-1-3-6-12/h1-11H,(H2,22,23,24)/b21-11-. The third-order valence-electron chi connectivity index (χ3n) is 3.23. The van der Waals surface area contributed by atoms with E-state index in [-0.39, 0.29) is 0 Å². The van der Waals surface area contributed by atoms with E-state index in [9.17, 15) is 4.79 Å². The molecule has 1 aromatic heterocycles. The van der Waals surface area contributed by atoms with Gasteiger partial charge in [-0.1, -0.05) is 47.5 Å². The maximum Gasteiger partial charge on any atom is 0.339 e. The van der Waals surface area contributed by atoms with E-state index >= 15 is 0 Å². The number of hydrazone groups is 1. The predicted octanol–water partition coefficient (Wildman–Crippen LogP) is 5.41. The molecule has 0 spiro atoms. The Morgan fingerprint density at radius 3 is 2.60 bits per heavy atom. The molecule has 7 heteroatoms. The number of benzene rings is 2. The Labute approximate surface area is 154 Å². The van der Waals surface area contributed by atoms with Crippen LogP contribution in [0.3, 0.4) is 0 Å². The highest BCUT2D eigenvalue weighted by atomic mass is 35.5. The van der Waals surface area contributed by atoms with E-state index in [0.29, 0.717) is 32.8 Å². The summed E-state index contributed by atoms with van der Waals surface area (Å²) in [6.07, 6.45) is 1.40. The number of hydrogen-bond acceptors (Lipinski definition) is 3. The molecule has 0 aliphatic rings. The van der Waals surface area contributed by atoms with Crippen molar-refractivity contribution in [2.75, 3.05) is 5.32 Å². The number of carbonyl (C=O) groups is 1. The molecule has 0 unspecified atom stereocenters. The minimum Gasteiger partial charge on any atom is -0.455 e. The van der Waals surface area contributed by atoms with Crippen molar-refractivity contribution >= 4 is 41.1 Å². The molecule has 0 saturated carbocycles. The minimum atomic E-state index is -0.452. The number of rotatable bonds is 4. The Bertz CT molecular complexity index is 908. The quantitative estimate of drug-likeness (QED) is 0.474. The fourth-order valence-corrected chi connectivity index (χ4v) is 2.49. The molecule has 0 fully saturated rings. The molecule has 126 valence electrons. The highest BCUT2D eigenvalue weighted by Gasteiger charge is 2.10. The van der Waals surface area contributed by atoms with Crippen molar-refractivity contribution in [2.24, 2.45) is 5.10 Å². The number of urea groups is 1. The smallest absolute Gasteiger partial charge is 0.339 e. The fraction of sp³-hybridized carbons (Fsp3) is 0. The van der Waals surface area contributed by atoms with Crippen LogP contribution in [0, 0.1) is 0 Å². The van der Waals surface area contributed by atoms with Gasteiger partial charge in [0.15, 0.2) is 0 Å². The zero-order valence-electron chi connectivity index (χ0n) is 12.9. The lowest BCUT2D eigenvalue weighted by Crippen LogP contribution is -2.24. The number of carbonyl (C=O) groups excluding carboxylic acids is 1. The topological polar surface area (TPSA) is 66.6 Å². The number of para-hydroxylation sites is 1. The number of amides is 2. The van der Waals surface area contributed by atoms with Crippen molar-refractivity contribution in [3.8, 4) is 11.3 Å². The molecule has 1 heterocycles. The van der Waals surface area contributed by atoms with Crippen LogP contribution in [0.1, 0.15) is 5.76 Å². The fourth-order valence-electron chi connectivity index (χ4n) is 2.10. The van der Waals surface area contributed by atoms with Gasteiger partial charge in [-0.3, -0.25) is 0 Å². The van der Waals surface area contributed by atoms with Gasteiger partial charge in [-0.2, -0.15) is 5.10 Å². The summed E-state index contributed by atoms with van der Waals surface area (Å²) in [5.41, 5.74) is 3.72. The van der Waals surface area contributed by atoms with E-state index in [1.165, 1.54) is 6.21 Å². The van der Waals surface area contributed by atoms with Crippen molar-refractivity contribution in [3.05, 3.63) is 76.5 Å². The van der Waals surface area contributed by atoms with E-state index in [1.807, 2.05) is 18.2 Å². The van der Waals surface area contributed by atoms with Crippen molar-refractivity contribution in [1.29, 1.82) is 0 Å². The molecule has 0 aliphatic carbocycles. The SMILES string of the molecule is O=C(N/N=C\c1ccc(-c2cccc(Cl)c2Cl)o1)Nc1ccccc1. The normalized spacial score (nSPS) is 10.8. The van der Waals surface area contributed by atoms with Gasteiger partial charge in [-0.15, -0.1) is 0 Å². The van der Waals surface area contributed by atoms with Crippen LogP contribution in [0.15, 0.2) is 70.2 Å². The zero-order valence-corrected chi connectivity index (χ0v) is 14.4. The van der Waals surface area contributed by atoms with Gasteiger partial charge in [0.05, 0.1) is 16.3 Å². The summed E-state index contributed by atoms with van der Waals surface area (Å²) in [7, 11) is 0. The second-order valence-corrected chi connectivity index (χ2v) is 5.78. The van der Waals surface area contributed by atoms with Gasteiger partial charge in [-0.25, -0.2) is 10.2 Å². The van der Waals surface area contributed by atoms with Gasteiger partial charge in [0, 0.05) is 11.3 Å². The molecule has 0 atom stereocenters. The Morgan fingerprint density at radius 1 is 1.00 bits per heavy atom. The Kier molecular flexibility index (Phi) is 5.38. The third-order valence-corrected chi connectivity index (χ3v) is 4.05. The lowest BCUT2D eigenvalue weighted by Gasteiger charge is -2.03. The molecule has 5 nitrogen and oxygen atoms in total. The van der Waals surface area contributed by atoms with Crippen LogP contribution in [0.4, 0.5) is 10.5 Å². The first-order valence-electron chi connectivity index (χ1n) is 7.33. The molecule has 3 aromatic rings. The maximum absolute atomic E-state index is 11.7. The van der Waals surface area contributed by atoms with Crippen molar-refractivity contribution < 1.29 is 9.21 Å². The molecule has 3 rings (SSSR count). The van der Waals surface area contributed by atoms with E-state index in [4.69, 9.17) is 27.6 Å². The van der Waals surface area contributed by atoms with E-state index in [0.717, 1.165) is 0 Å². The second kappa shape index (κ2) is 7.88. The van der Waals surface area contributed by atoms with Gasteiger partial charge in [-0.05, 0) is 36.4 Å². The summed E-state index contributed by atoms with van der Waals surface area (Å²) in [6, 6.07) is 17.4. The maximum atomic E-state index is 11.7. The number of nitrogens with one attached hydrogen (secondary N) is 2. The largest absolute Gasteiger partial charge is 0.455 e. The molecular formula is C18H13Cl2N3O2. The number of furan rings is 1. The van der Waals surface area contributed by atoms with Crippen molar-refractivity contribution in [1.82, 2.24) is 5.43 Å². The summed E-state index contributed by atoms with van der Waals surface area (Å²) < 4.78 is 5.64. The first kappa shape index (κ1) is 17.1. The average Bonchev–Trinajstić information content (AvgIpc) is 3.07. The first-order valence-corrected chi connectivity index (χ1v) is 8.08. The predicted molar refractivity (Wildman–Crippen MR) is 100 cm³/mol. The van der Waals surface area contributed by atoms with Crippen LogP contribution in [-0.4, -0.2) is 12.2 Å². The Morgan fingerprint density at radius 2 is 1.80 bits per heavy atom.